The average Bonchev–Trinajstić information content (AvgIpc) is 2.68. The second-order valence-electron chi connectivity index (χ2n) is 6.08. The van der Waals surface area contributed by atoms with Gasteiger partial charge in [0.05, 0.1) is 10.6 Å². The highest BCUT2D eigenvalue weighted by molar-refractivity contribution is 7.80. The van der Waals surface area contributed by atoms with Crippen LogP contribution in [0.3, 0.4) is 0 Å². The fraction of sp³-hybridized carbons (Fsp3) is 0. The third-order valence-electron chi connectivity index (χ3n) is 3.87. The summed E-state index contributed by atoms with van der Waals surface area (Å²) in [4.78, 5) is 24.8. The number of carbonyl (C=O) groups is 2. The van der Waals surface area contributed by atoms with Crippen LogP contribution in [0.1, 0.15) is 20.7 Å². The summed E-state index contributed by atoms with van der Waals surface area (Å²) in [7, 11) is 0. The van der Waals surface area contributed by atoms with Gasteiger partial charge in [-0.3, -0.25) is 14.9 Å². The van der Waals surface area contributed by atoms with Gasteiger partial charge >= 0.3 is 0 Å². The summed E-state index contributed by atoms with van der Waals surface area (Å²) < 4.78 is 0. The van der Waals surface area contributed by atoms with E-state index in [0.29, 0.717) is 27.0 Å². The van der Waals surface area contributed by atoms with E-state index in [1.54, 1.807) is 54.6 Å². The second-order valence-corrected chi connectivity index (χ2v) is 7.77. The van der Waals surface area contributed by atoms with Gasteiger partial charge in [-0.15, -0.1) is 0 Å². The number of thiocarbonyl (C=S) groups is 1. The minimum absolute atomic E-state index is 0.0541. The highest BCUT2D eigenvalue weighted by atomic mass is 35.5. The van der Waals surface area contributed by atoms with Crippen molar-refractivity contribution in [2.75, 3.05) is 10.6 Å². The SMILES string of the molecule is O=C(Nc1cccc(Cl)c1)c1cccc(NC(=S)NC(=O)c2ccc(Cl)cc2Cl)c1. The molecule has 0 aliphatic carbocycles. The van der Waals surface area contributed by atoms with Crippen molar-refractivity contribution in [2.24, 2.45) is 0 Å². The van der Waals surface area contributed by atoms with Gasteiger partial charge in [-0.25, -0.2) is 0 Å². The zero-order chi connectivity index (χ0) is 21.7. The van der Waals surface area contributed by atoms with Gasteiger partial charge < -0.3 is 10.6 Å². The molecule has 0 unspecified atom stereocenters. The number of nitrogens with one attached hydrogen (secondary N) is 3. The van der Waals surface area contributed by atoms with E-state index >= 15 is 0 Å². The molecule has 0 fully saturated rings. The molecule has 0 atom stereocenters. The standard InChI is InChI=1S/C21H14Cl3N3O2S/c22-13-4-2-6-16(10-13)25-19(28)12-3-1-5-15(9-12)26-21(30)27-20(29)17-8-7-14(23)11-18(17)24/h1-11H,(H,25,28)(H2,26,27,29,30). The fourth-order valence-corrected chi connectivity index (χ4v) is 3.41. The quantitative estimate of drug-likeness (QED) is 0.401. The van der Waals surface area contributed by atoms with E-state index in [1.807, 2.05) is 0 Å². The van der Waals surface area contributed by atoms with Crippen LogP contribution in [-0.4, -0.2) is 16.9 Å². The zero-order valence-corrected chi connectivity index (χ0v) is 18.3. The predicted octanol–water partition coefficient (Wildman–Crippen LogP) is 6.03. The van der Waals surface area contributed by atoms with Gasteiger partial charge in [0, 0.05) is 27.0 Å². The first kappa shape index (κ1) is 22.1. The van der Waals surface area contributed by atoms with Gasteiger partial charge in [-0.1, -0.05) is 46.9 Å². The van der Waals surface area contributed by atoms with Crippen LogP contribution in [0.2, 0.25) is 15.1 Å². The Labute approximate surface area is 193 Å². The lowest BCUT2D eigenvalue weighted by atomic mass is 10.2. The van der Waals surface area contributed by atoms with Crippen molar-refractivity contribution in [1.29, 1.82) is 0 Å². The Morgan fingerprint density at radius 1 is 0.733 bits per heavy atom. The summed E-state index contributed by atoms with van der Waals surface area (Å²) in [6, 6.07) is 18.0. The lowest BCUT2D eigenvalue weighted by Gasteiger charge is -2.12. The summed E-state index contributed by atoms with van der Waals surface area (Å²) >= 11 is 23.0. The normalized spacial score (nSPS) is 10.2. The van der Waals surface area contributed by atoms with Crippen molar-refractivity contribution in [3.05, 3.63) is 92.9 Å². The number of rotatable bonds is 4. The minimum Gasteiger partial charge on any atom is -0.332 e. The first-order valence-electron chi connectivity index (χ1n) is 8.56. The Balaban J connectivity index is 1.65. The van der Waals surface area contributed by atoms with Gasteiger partial charge in [0.25, 0.3) is 11.8 Å². The Bertz CT molecular complexity index is 1140. The maximum Gasteiger partial charge on any atom is 0.258 e. The van der Waals surface area contributed by atoms with Crippen LogP contribution in [0.15, 0.2) is 66.7 Å². The van der Waals surface area contributed by atoms with Crippen molar-refractivity contribution >= 4 is 75.3 Å². The number of carbonyl (C=O) groups excluding carboxylic acids is 2. The van der Waals surface area contributed by atoms with Crippen LogP contribution >= 0.6 is 47.0 Å². The number of hydrogen-bond donors (Lipinski definition) is 3. The van der Waals surface area contributed by atoms with Crippen LogP contribution < -0.4 is 16.0 Å². The van der Waals surface area contributed by atoms with Crippen LogP contribution in [0, 0.1) is 0 Å². The smallest absolute Gasteiger partial charge is 0.258 e. The fourth-order valence-electron chi connectivity index (χ4n) is 2.51. The molecule has 0 aromatic heterocycles. The minimum atomic E-state index is -0.482. The van der Waals surface area contributed by atoms with E-state index in [1.165, 1.54) is 12.1 Å². The van der Waals surface area contributed by atoms with Gasteiger partial charge in [0.1, 0.15) is 0 Å². The van der Waals surface area contributed by atoms with E-state index in [2.05, 4.69) is 16.0 Å². The summed E-state index contributed by atoms with van der Waals surface area (Å²) in [5.74, 6) is -0.798. The van der Waals surface area contributed by atoms with Crippen molar-refractivity contribution < 1.29 is 9.59 Å². The molecule has 3 N–H and O–H groups in total. The second kappa shape index (κ2) is 9.91. The summed E-state index contributed by atoms with van der Waals surface area (Å²) in [6.07, 6.45) is 0. The average molecular weight is 479 g/mol. The van der Waals surface area contributed by atoms with E-state index in [9.17, 15) is 9.59 Å². The molecule has 0 saturated heterocycles. The Morgan fingerprint density at radius 2 is 1.40 bits per heavy atom. The summed E-state index contributed by atoms with van der Waals surface area (Å²) in [6.45, 7) is 0. The van der Waals surface area contributed by atoms with Gasteiger partial charge in [0.15, 0.2) is 5.11 Å². The predicted molar refractivity (Wildman–Crippen MR) is 126 cm³/mol. The number of anilines is 2. The molecule has 9 heteroatoms. The molecule has 0 saturated carbocycles. The Hall–Kier alpha value is -2.64. The molecular formula is C21H14Cl3N3O2S. The molecular weight excluding hydrogens is 465 g/mol. The van der Waals surface area contributed by atoms with E-state index in [-0.39, 0.29) is 21.6 Å². The first-order valence-corrected chi connectivity index (χ1v) is 10.1. The lowest BCUT2D eigenvalue weighted by Crippen LogP contribution is -2.34. The van der Waals surface area contributed by atoms with Crippen molar-refractivity contribution in [2.45, 2.75) is 0 Å². The molecule has 0 heterocycles. The highest BCUT2D eigenvalue weighted by Crippen LogP contribution is 2.21. The Morgan fingerprint density at radius 3 is 2.10 bits per heavy atom. The maximum atomic E-state index is 12.5. The summed E-state index contributed by atoms with van der Waals surface area (Å²) in [5.41, 5.74) is 1.74. The highest BCUT2D eigenvalue weighted by Gasteiger charge is 2.13. The van der Waals surface area contributed by atoms with E-state index < -0.39 is 5.91 Å². The van der Waals surface area contributed by atoms with Crippen LogP contribution in [-0.2, 0) is 0 Å². The zero-order valence-electron chi connectivity index (χ0n) is 15.2. The number of benzene rings is 3. The molecule has 0 aliphatic rings. The van der Waals surface area contributed by atoms with Crippen LogP contribution in [0.25, 0.3) is 0 Å². The molecule has 0 spiro atoms. The van der Waals surface area contributed by atoms with Crippen LogP contribution in [0.5, 0.6) is 0 Å². The van der Waals surface area contributed by atoms with Crippen molar-refractivity contribution in [3.8, 4) is 0 Å². The molecule has 5 nitrogen and oxygen atoms in total. The molecule has 0 radical (unpaired) electrons. The maximum absolute atomic E-state index is 12.5. The third kappa shape index (κ3) is 5.93. The largest absolute Gasteiger partial charge is 0.332 e. The topological polar surface area (TPSA) is 70.2 Å². The molecule has 30 heavy (non-hydrogen) atoms. The lowest BCUT2D eigenvalue weighted by molar-refractivity contribution is 0.0976. The Kier molecular flexibility index (Phi) is 7.29. The molecule has 3 rings (SSSR count). The van der Waals surface area contributed by atoms with Gasteiger partial charge in [-0.05, 0) is 66.8 Å². The number of halogens is 3. The number of amides is 2. The first-order chi connectivity index (χ1) is 14.3. The summed E-state index contributed by atoms with van der Waals surface area (Å²) in [5, 5.41) is 9.38. The molecule has 152 valence electrons. The monoisotopic (exact) mass is 477 g/mol. The number of hydrogen-bond acceptors (Lipinski definition) is 3. The van der Waals surface area contributed by atoms with E-state index in [4.69, 9.17) is 47.0 Å². The van der Waals surface area contributed by atoms with Crippen molar-refractivity contribution in [3.63, 3.8) is 0 Å². The van der Waals surface area contributed by atoms with Crippen LogP contribution in [0.4, 0.5) is 11.4 Å². The van der Waals surface area contributed by atoms with Gasteiger partial charge in [0.2, 0.25) is 0 Å². The van der Waals surface area contributed by atoms with Gasteiger partial charge in [-0.2, -0.15) is 0 Å². The molecule has 2 amide bonds. The van der Waals surface area contributed by atoms with E-state index in [0.717, 1.165) is 0 Å². The molecule has 3 aromatic carbocycles. The molecule has 3 aromatic rings. The third-order valence-corrected chi connectivity index (χ3v) is 4.85. The molecule has 0 aliphatic heterocycles. The molecule has 0 bridgehead atoms. The van der Waals surface area contributed by atoms with Crippen molar-refractivity contribution in [1.82, 2.24) is 5.32 Å².